The number of nitrogens with zero attached hydrogens (tertiary/aromatic N) is 2. The van der Waals surface area contributed by atoms with E-state index in [1.807, 2.05) is 17.9 Å². The predicted octanol–water partition coefficient (Wildman–Crippen LogP) is 1.41. The molecule has 100 valence electrons. The van der Waals surface area contributed by atoms with Gasteiger partial charge in [-0.05, 0) is 18.6 Å². The third-order valence-corrected chi connectivity index (χ3v) is 3.38. The molecule has 1 amide bonds. The summed E-state index contributed by atoms with van der Waals surface area (Å²) in [7, 11) is 0. The standard InChI is InChI=1S/C14H16FN3O/c1-2-13-14(19)17-5-6-18(13)9-11-4-3-10(8-16)7-12(11)15/h3-4,7,13H,2,5-6,9H2,1H3,(H,17,19). The first-order valence-corrected chi connectivity index (χ1v) is 6.36. The predicted molar refractivity (Wildman–Crippen MR) is 68.6 cm³/mol. The van der Waals surface area contributed by atoms with Crippen molar-refractivity contribution in [3.05, 3.63) is 35.1 Å². The second kappa shape index (κ2) is 5.81. The first-order valence-electron chi connectivity index (χ1n) is 6.36. The molecule has 0 spiro atoms. The number of amides is 1. The number of hydrogen-bond donors (Lipinski definition) is 1. The molecule has 1 aromatic rings. The van der Waals surface area contributed by atoms with Gasteiger partial charge in [-0.25, -0.2) is 4.39 Å². The Labute approximate surface area is 111 Å². The summed E-state index contributed by atoms with van der Waals surface area (Å²) >= 11 is 0. The third-order valence-electron chi connectivity index (χ3n) is 3.38. The molecule has 1 atom stereocenters. The Kier molecular flexibility index (Phi) is 4.13. The van der Waals surface area contributed by atoms with Crippen LogP contribution in [0.25, 0.3) is 0 Å². The Morgan fingerprint density at radius 3 is 3.00 bits per heavy atom. The van der Waals surface area contributed by atoms with Crippen molar-refractivity contribution < 1.29 is 9.18 Å². The van der Waals surface area contributed by atoms with Gasteiger partial charge in [0.1, 0.15) is 5.82 Å². The van der Waals surface area contributed by atoms with Gasteiger partial charge in [0.15, 0.2) is 0 Å². The maximum Gasteiger partial charge on any atom is 0.237 e. The van der Waals surface area contributed by atoms with E-state index in [1.54, 1.807) is 12.1 Å². The summed E-state index contributed by atoms with van der Waals surface area (Å²) in [5, 5.41) is 11.5. The maximum atomic E-state index is 13.8. The lowest BCUT2D eigenvalue weighted by atomic mass is 10.1. The molecule has 1 N–H and O–H groups in total. The van der Waals surface area contributed by atoms with Gasteiger partial charge in [0.25, 0.3) is 0 Å². The zero-order valence-electron chi connectivity index (χ0n) is 10.8. The Morgan fingerprint density at radius 1 is 1.58 bits per heavy atom. The lowest BCUT2D eigenvalue weighted by molar-refractivity contribution is -0.129. The molecule has 1 unspecified atom stereocenters. The van der Waals surface area contributed by atoms with Crippen molar-refractivity contribution >= 4 is 5.91 Å². The monoisotopic (exact) mass is 261 g/mol. The Balaban J connectivity index is 2.16. The first-order chi connectivity index (χ1) is 9.15. The molecular weight excluding hydrogens is 245 g/mol. The van der Waals surface area contributed by atoms with E-state index in [4.69, 9.17) is 5.26 Å². The fourth-order valence-electron chi connectivity index (χ4n) is 2.36. The maximum absolute atomic E-state index is 13.8. The molecule has 0 radical (unpaired) electrons. The minimum Gasteiger partial charge on any atom is -0.353 e. The number of carbonyl (C=O) groups is 1. The number of rotatable bonds is 3. The number of benzene rings is 1. The van der Waals surface area contributed by atoms with Crippen LogP contribution in [0.3, 0.4) is 0 Å². The minimum atomic E-state index is -0.389. The first kappa shape index (κ1) is 13.5. The molecule has 1 heterocycles. The van der Waals surface area contributed by atoms with Gasteiger partial charge in [-0.15, -0.1) is 0 Å². The molecule has 0 bridgehead atoms. The van der Waals surface area contributed by atoms with E-state index in [-0.39, 0.29) is 17.8 Å². The lowest BCUT2D eigenvalue weighted by Crippen LogP contribution is -2.54. The van der Waals surface area contributed by atoms with E-state index in [9.17, 15) is 9.18 Å². The Bertz CT molecular complexity index is 524. The molecule has 5 heteroatoms. The number of piperazine rings is 1. The van der Waals surface area contributed by atoms with E-state index in [0.29, 0.717) is 37.2 Å². The van der Waals surface area contributed by atoms with Crippen molar-refractivity contribution in [1.29, 1.82) is 5.26 Å². The van der Waals surface area contributed by atoms with Crippen molar-refractivity contribution in [2.45, 2.75) is 25.9 Å². The summed E-state index contributed by atoms with van der Waals surface area (Å²) < 4.78 is 13.8. The summed E-state index contributed by atoms with van der Waals surface area (Å²) in [5.74, 6) is -0.386. The van der Waals surface area contributed by atoms with Crippen LogP contribution in [0.2, 0.25) is 0 Å². The number of halogens is 1. The molecule has 2 rings (SSSR count). The smallest absolute Gasteiger partial charge is 0.237 e. The topological polar surface area (TPSA) is 56.1 Å². The van der Waals surface area contributed by atoms with Crippen LogP contribution in [0.15, 0.2) is 18.2 Å². The summed E-state index contributed by atoms with van der Waals surface area (Å²) in [6, 6.07) is 6.16. The van der Waals surface area contributed by atoms with Crippen molar-refractivity contribution in [2.24, 2.45) is 0 Å². The van der Waals surface area contributed by atoms with Gasteiger partial charge in [0.2, 0.25) is 5.91 Å². The van der Waals surface area contributed by atoms with E-state index in [2.05, 4.69) is 5.32 Å². The highest BCUT2D eigenvalue weighted by molar-refractivity contribution is 5.82. The van der Waals surface area contributed by atoms with Crippen molar-refractivity contribution in [3.63, 3.8) is 0 Å². The summed E-state index contributed by atoms with van der Waals surface area (Å²) in [4.78, 5) is 13.7. The van der Waals surface area contributed by atoms with Crippen LogP contribution in [0.5, 0.6) is 0 Å². The highest BCUT2D eigenvalue weighted by Crippen LogP contribution is 2.17. The molecule has 0 saturated carbocycles. The quantitative estimate of drug-likeness (QED) is 0.895. The van der Waals surface area contributed by atoms with Gasteiger partial charge in [0.05, 0.1) is 17.7 Å². The van der Waals surface area contributed by atoms with E-state index in [1.165, 1.54) is 6.07 Å². The molecule has 0 aromatic heterocycles. The SMILES string of the molecule is CCC1C(=O)NCCN1Cc1ccc(C#N)cc1F. The normalized spacial score (nSPS) is 19.8. The molecule has 1 fully saturated rings. The van der Waals surface area contributed by atoms with Crippen LogP contribution in [-0.4, -0.2) is 29.9 Å². The minimum absolute atomic E-state index is 0.00260. The van der Waals surface area contributed by atoms with Crippen molar-refractivity contribution in [1.82, 2.24) is 10.2 Å². The Hall–Kier alpha value is -1.93. The van der Waals surface area contributed by atoms with Crippen LogP contribution in [0, 0.1) is 17.1 Å². The number of hydrogen-bond acceptors (Lipinski definition) is 3. The highest BCUT2D eigenvalue weighted by Gasteiger charge is 2.28. The summed E-state index contributed by atoms with van der Waals surface area (Å²) in [6.07, 6.45) is 0.698. The largest absolute Gasteiger partial charge is 0.353 e. The molecule has 1 aromatic carbocycles. The van der Waals surface area contributed by atoms with Crippen LogP contribution in [0.1, 0.15) is 24.5 Å². The second-order valence-electron chi connectivity index (χ2n) is 4.60. The molecular formula is C14H16FN3O. The summed E-state index contributed by atoms with van der Waals surface area (Å²) in [6.45, 7) is 3.64. The summed E-state index contributed by atoms with van der Waals surface area (Å²) in [5.41, 5.74) is 0.830. The highest BCUT2D eigenvalue weighted by atomic mass is 19.1. The van der Waals surface area contributed by atoms with Gasteiger partial charge in [0, 0.05) is 25.2 Å². The number of carbonyl (C=O) groups excluding carboxylic acids is 1. The van der Waals surface area contributed by atoms with Gasteiger partial charge < -0.3 is 5.32 Å². The molecule has 0 aliphatic carbocycles. The fraction of sp³-hybridized carbons (Fsp3) is 0.429. The number of nitriles is 1. The van der Waals surface area contributed by atoms with Crippen LogP contribution in [0.4, 0.5) is 4.39 Å². The average molecular weight is 261 g/mol. The zero-order valence-corrected chi connectivity index (χ0v) is 10.8. The molecule has 4 nitrogen and oxygen atoms in total. The van der Waals surface area contributed by atoms with E-state index >= 15 is 0 Å². The van der Waals surface area contributed by atoms with Gasteiger partial charge in [-0.3, -0.25) is 9.69 Å². The molecule has 1 aliphatic heterocycles. The van der Waals surface area contributed by atoms with Crippen molar-refractivity contribution in [2.75, 3.05) is 13.1 Å². The molecule has 1 aliphatic rings. The Morgan fingerprint density at radius 2 is 2.37 bits per heavy atom. The molecule has 1 saturated heterocycles. The zero-order chi connectivity index (χ0) is 13.8. The van der Waals surface area contributed by atoms with E-state index < -0.39 is 0 Å². The van der Waals surface area contributed by atoms with E-state index in [0.717, 1.165) is 0 Å². The van der Waals surface area contributed by atoms with Crippen LogP contribution < -0.4 is 5.32 Å². The van der Waals surface area contributed by atoms with Crippen LogP contribution in [-0.2, 0) is 11.3 Å². The van der Waals surface area contributed by atoms with Crippen LogP contribution >= 0.6 is 0 Å². The van der Waals surface area contributed by atoms with Crippen molar-refractivity contribution in [3.8, 4) is 6.07 Å². The lowest BCUT2D eigenvalue weighted by Gasteiger charge is -2.34. The number of nitrogens with one attached hydrogen (secondary N) is 1. The average Bonchev–Trinajstić information content (AvgIpc) is 2.41. The second-order valence-corrected chi connectivity index (χ2v) is 4.60. The molecule has 19 heavy (non-hydrogen) atoms. The third kappa shape index (κ3) is 2.91. The fourth-order valence-corrected chi connectivity index (χ4v) is 2.36. The van der Waals surface area contributed by atoms with Gasteiger partial charge in [-0.1, -0.05) is 13.0 Å². The van der Waals surface area contributed by atoms with Gasteiger partial charge >= 0.3 is 0 Å². The van der Waals surface area contributed by atoms with Gasteiger partial charge in [-0.2, -0.15) is 5.26 Å².